The molecule has 1 saturated carbocycles. The highest BCUT2D eigenvalue weighted by molar-refractivity contribution is 6.30. The summed E-state index contributed by atoms with van der Waals surface area (Å²) in [6, 6.07) is 3.75. The van der Waals surface area contributed by atoms with Crippen LogP contribution in [-0.2, 0) is 6.18 Å². The second kappa shape index (κ2) is 4.14. The van der Waals surface area contributed by atoms with Crippen LogP contribution in [0.4, 0.5) is 13.2 Å². The molecule has 1 nitrogen and oxygen atoms in total. The van der Waals surface area contributed by atoms with E-state index in [-0.39, 0.29) is 22.3 Å². The molecular formula is C13H15ClF3N. The first-order valence-corrected chi connectivity index (χ1v) is 6.13. The van der Waals surface area contributed by atoms with Crippen LogP contribution < -0.4 is 5.73 Å². The molecule has 100 valence electrons. The number of rotatable bonds is 2. The van der Waals surface area contributed by atoms with Crippen molar-refractivity contribution < 1.29 is 13.2 Å². The topological polar surface area (TPSA) is 26.0 Å². The summed E-state index contributed by atoms with van der Waals surface area (Å²) in [6.07, 6.45) is -4.36. The van der Waals surface area contributed by atoms with E-state index in [9.17, 15) is 13.2 Å². The molecular weight excluding hydrogens is 263 g/mol. The second-order valence-corrected chi connectivity index (χ2v) is 5.85. The average Bonchev–Trinajstić information content (AvgIpc) is 2.78. The lowest BCUT2D eigenvalue weighted by molar-refractivity contribution is -0.137. The Bertz CT molecular complexity index is 468. The van der Waals surface area contributed by atoms with Crippen molar-refractivity contribution in [3.63, 3.8) is 0 Å². The van der Waals surface area contributed by atoms with Gasteiger partial charge in [-0.05, 0) is 47.6 Å². The summed E-state index contributed by atoms with van der Waals surface area (Å²) < 4.78 is 38.2. The molecule has 0 amide bonds. The summed E-state index contributed by atoms with van der Waals surface area (Å²) in [6.45, 7) is 4.51. The Balaban J connectivity index is 2.39. The second-order valence-electron chi connectivity index (χ2n) is 5.41. The molecule has 0 aliphatic heterocycles. The van der Waals surface area contributed by atoms with Crippen LogP contribution in [-0.4, -0.2) is 6.54 Å². The third-order valence-corrected chi connectivity index (χ3v) is 4.13. The van der Waals surface area contributed by atoms with E-state index in [0.717, 1.165) is 6.07 Å². The third kappa shape index (κ3) is 2.24. The van der Waals surface area contributed by atoms with E-state index in [1.54, 1.807) is 6.07 Å². The molecule has 1 aromatic rings. The van der Waals surface area contributed by atoms with E-state index < -0.39 is 11.7 Å². The molecule has 1 aliphatic carbocycles. The highest BCUT2D eigenvalue weighted by Crippen LogP contribution is 2.64. The molecule has 1 aromatic carbocycles. The minimum atomic E-state index is -4.36. The SMILES string of the molecule is CC1(C)[C@H](CN)[C@H]1c1cc(Cl)cc(C(F)(F)F)c1. The molecule has 5 heteroatoms. The highest BCUT2D eigenvalue weighted by Gasteiger charge is 2.57. The maximum Gasteiger partial charge on any atom is 0.416 e. The lowest BCUT2D eigenvalue weighted by Crippen LogP contribution is -2.06. The van der Waals surface area contributed by atoms with Gasteiger partial charge >= 0.3 is 6.18 Å². The summed E-state index contributed by atoms with van der Waals surface area (Å²) in [7, 11) is 0. The molecule has 0 radical (unpaired) electrons. The average molecular weight is 278 g/mol. The van der Waals surface area contributed by atoms with Gasteiger partial charge in [-0.3, -0.25) is 0 Å². The summed E-state index contributed by atoms with van der Waals surface area (Å²) in [5, 5.41) is 0.123. The Hall–Kier alpha value is -0.740. The zero-order valence-electron chi connectivity index (χ0n) is 10.2. The fourth-order valence-electron chi connectivity index (χ4n) is 2.80. The molecule has 1 aliphatic rings. The van der Waals surface area contributed by atoms with Gasteiger partial charge in [-0.2, -0.15) is 13.2 Å². The molecule has 0 heterocycles. The van der Waals surface area contributed by atoms with Crippen LogP contribution in [0.15, 0.2) is 18.2 Å². The largest absolute Gasteiger partial charge is 0.416 e. The first kappa shape index (κ1) is 13.7. The van der Waals surface area contributed by atoms with Gasteiger partial charge in [0.05, 0.1) is 5.56 Å². The number of benzene rings is 1. The van der Waals surface area contributed by atoms with Crippen LogP contribution in [0, 0.1) is 11.3 Å². The first-order chi connectivity index (χ1) is 8.17. The lowest BCUT2D eigenvalue weighted by atomic mass is 10.0. The van der Waals surface area contributed by atoms with E-state index in [1.807, 2.05) is 13.8 Å². The zero-order chi connectivity index (χ0) is 13.7. The number of halogens is 4. The van der Waals surface area contributed by atoms with Crippen LogP contribution in [0.2, 0.25) is 5.02 Å². The Morgan fingerprint density at radius 3 is 2.33 bits per heavy atom. The van der Waals surface area contributed by atoms with Gasteiger partial charge in [-0.15, -0.1) is 0 Å². The van der Waals surface area contributed by atoms with Crippen LogP contribution in [0.3, 0.4) is 0 Å². The van der Waals surface area contributed by atoms with Crippen molar-refractivity contribution in [3.8, 4) is 0 Å². The van der Waals surface area contributed by atoms with Gasteiger partial charge in [0.15, 0.2) is 0 Å². The molecule has 18 heavy (non-hydrogen) atoms. The van der Waals surface area contributed by atoms with Crippen molar-refractivity contribution in [2.75, 3.05) is 6.54 Å². The fourth-order valence-corrected chi connectivity index (χ4v) is 3.04. The molecule has 0 spiro atoms. The smallest absolute Gasteiger partial charge is 0.330 e. The third-order valence-electron chi connectivity index (χ3n) is 3.91. The van der Waals surface area contributed by atoms with Crippen molar-refractivity contribution in [1.82, 2.24) is 0 Å². The van der Waals surface area contributed by atoms with E-state index in [0.29, 0.717) is 12.1 Å². The van der Waals surface area contributed by atoms with E-state index in [1.165, 1.54) is 6.07 Å². The van der Waals surface area contributed by atoms with Gasteiger partial charge in [0.1, 0.15) is 0 Å². The Morgan fingerprint density at radius 1 is 1.28 bits per heavy atom. The predicted octanol–water partition coefficient (Wildman–Crippen LogP) is 4.06. The predicted molar refractivity (Wildman–Crippen MR) is 65.5 cm³/mol. The Labute approximate surface area is 109 Å². The molecule has 0 unspecified atom stereocenters. The molecule has 2 rings (SSSR count). The molecule has 1 fully saturated rings. The fraction of sp³-hybridized carbons (Fsp3) is 0.538. The lowest BCUT2D eigenvalue weighted by Gasteiger charge is -2.10. The Morgan fingerprint density at radius 2 is 1.89 bits per heavy atom. The molecule has 2 atom stereocenters. The number of hydrogen-bond acceptors (Lipinski definition) is 1. The van der Waals surface area contributed by atoms with Crippen LogP contribution in [0.5, 0.6) is 0 Å². The number of alkyl halides is 3. The molecule has 0 bridgehead atoms. The Kier molecular flexibility index (Phi) is 3.14. The van der Waals surface area contributed by atoms with Crippen molar-refractivity contribution in [3.05, 3.63) is 34.3 Å². The van der Waals surface area contributed by atoms with Gasteiger partial charge in [0.25, 0.3) is 0 Å². The van der Waals surface area contributed by atoms with Crippen molar-refractivity contribution in [1.29, 1.82) is 0 Å². The summed E-state index contributed by atoms with van der Waals surface area (Å²) in [5.74, 6) is 0.277. The number of nitrogens with two attached hydrogens (primary N) is 1. The van der Waals surface area contributed by atoms with Gasteiger partial charge in [-0.25, -0.2) is 0 Å². The van der Waals surface area contributed by atoms with Gasteiger partial charge in [0.2, 0.25) is 0 Å². The quantitative estimate of drug-likeness (QED) is 0.867. The zero-order valence-corrected chi connectivity index (χ0v) is 10.9. The van der Waals surface area contributed by atoms with Crippen LogP contribution in [0.25, 0.3) is 0 Å². The monoisotopic (exact) mass is 277 g/mol. The molecule has 0 saturated heterocycles. The van der Waals surface area contributed by atoms with Gasteiger partial charge in [0, 0.05) is 5.02 Å². The van der Waals surface area contributed by atoms with Crippen molar-refractivity contribution >= 4 is 11.6 Å². The van der Waals surface area contributed by atoms with E-state index in [2.05, 4.69) is 0 Å². The van der Waals surface area contributed by atoms with Crippen molar-refractivity contribution in [2.24, 2.45) is 17.1 Å². The van der Waals surface area contributed by atoms with E-state index >= 15 is 0 Å². The van der Waals surface area contributed by atoms with Gasteiger partial charge < -0.3 is 5.73 Å². The normalized spacial score (nSPS) is 26.2. The van der Waals surface area contributed by atoms with Crippen molar-refractivity contribution in [2.45, 2.75) is 25.9 Å². The van der Waals surface area contributed by atoms with Gasteiger partial charge in [-0.1, -0.05) is 25.4 Å². The minimum absolute atomic E-state index is 0.0533. The maximum absolute atomic E-state index is 12.7. The van der Waals surface area contributed by atoms with Crippen LogP contribution in [0.1, 0.15) is 30.9 Å². The molecule has 0 aromatic heterocycles. The van der Waals surface area contributed by atoms with E-state index in [4.69, 9.17) is 17.3 Å². The van der Waals surface area contributed by atoms with Crippen LogP contribution >= 0.6 is 11.6 Å². The maximum atomic E-state index is 12.7. The standard InChI is InChI=1S/C13H15ClF3N/c1-12(2)10(6-18)11(12)7-3-8(13(15,16)17)5-9(14)4-7/h3-5,10-11H,6,18H2,1-2H3/t10-,11-/m1/s1. The summed E-state index contributed by atoms with van der Waals surface area (Å²) in [4.78, 5) is 0. The number of hydrogen-bond donors (Lipinski definition) is 1. The summed E-state index contributed by atoms with van der Waals surface area (Å²) in [5.41, 5.74) is 5.53. The molecule has 2 N–H and O–H groups in total. The minimum Gasteiger partial charge on any atom is -0.330 e. The first-order valence-electron chi connectivity index (χ1n) is 5.75. The highest BCUT2D eigenvalue weighted by atomic mass is 35.5. The summed E-state index contributed by atoms with van der Waals surface area (Å²) >= 11 is 5.78.